The number of unbranched alkanes of at least 4 members (excludes halogenated alkanes) is 5. The van der Waals surface area contributed by atoms with Crippen LogP contribution in [0.5, 0.6) is 0 Å². The van der Waals surface area contributed by atoms with Crippen LogP contribution in [0.1, 0.15) is 76.7 Å². The van der Waals surface area contributed by atoms with E-state index in [1.54, 1.807) is 0 Å². The fourth-order valence-electron chi connectivity index (χ4n) is 3.67. The fraction of sp³-hybridized carbons (Fsp3) is 0.464. The van der Waals surface area contributed by atoms with Gasteiger partial charge in [-0.25, -0.2) is 0 Å². The van der Waals surface area contributed by atoms with Gasteiger partial charge in [-0.05, 0) is 56.6 Å². The van der Waals surface area contributed by atoms with Gasteiger partial charge in [-0.1, -0.05) is 80.8 Å². The van der Waals surface area contributed by atoms with Gasteiger partial charge in [-0.3, -0.25) is 4.79 Å². The van der Waals surface area contributed by atoms with E-state index in [-0.39, 0.29) is 5.91 Å². The predicted molar refractivity (Wildman–Crippen MR) is 134 cm³/mol. The van der Waals surface area contributed by atoms with E-state index in [2.05, 4.69) is 78.1 Å². The Balaban J connectivity index is 1.40. The molecule has 31 heavy (non-hydrogen) atoms. The molecule has 0 aliphatic rings. The normalized spacial score (nSPS) is 12.0. The van der Waals surface area contributed by atoms with Crippen LogP contribution in [0.15, 0.2) is 66.9 Å². The average Bonchev–Trinajstić information content (AvgIpc) is 3.19. The van der Waals surface area contributed by atoms with Gasteiger partial charge in [0.1, 0.15) is 0 Å². The molecular formula is C28H40N2O. The number of carbonyl (C=O) groups is 1. The Bertz CT molecular complexity index is 828. The van der Waals surface area contributed by atoms with Crippen molar-refractivity contribution >= 4 is 16.8 Å². The molecule has 0 saturated heterocycles. The molecule has 0 unspecified atom stereocenters. The third kappa shape index (κ3) is 10.9. The summed E-state index contributed by atoms with van der Waals surface area (Å²) in [6.07, 6.45) is 27.3. The number of H-pyrrole nitrogens is 1. The zero-order valence-electron chi connectivity index (χ0n) is 19.2. The molecule has 2 N–H and O–H groups in total. The Morgan fingerprint density at radius 3 is 2.45 bits per heavy atom. The number of carbonyl (C=O) groups excluding carboxylic acids is 1. The minimum absolute atomic E-state index is 0.181. The SMILES string of the molecule is CC/C=C\C/C=C\C/C=C\CCCCCCCC(=O)NCCc1c[nH]c2ccccc12. The number of allylic oxidation sites excluding steroid dienone is 6. The van der Waals surface area contributed by atoms with Crippen LogP contribution in [0.3, 0.4) is 0 Å². The van der Waals surface area contributed by atoms with Gasteiger partial charge in [0.25, 0.3) is 0 Å². The summed E-state index contributed by atoms with van der Waals surface area (Å²) in [5.74, 6) is 0.181. The largest absolute Gasteiger partial charge is 0.361 e. The van der Waals surface area contributed by atoms with Crippen LogP contribution in [0.2, 0.25) is 0 Å². The van der Waals surface area contributed by atoms with Gasteiger partial charge in [-0.15, -0.1) is 0 Å². The fourth-order valence-corrected chi connectivity index (χ4v) is 3.67. The molecular weight excluding hydrogens is 380 g/mol. The number of rotatable bonds is 16. The van der Waals surface area contributed by atoms with Crippen molar-refractivity contribution in [3.63, 3.8) is 0 Å². The van der Waals surface area contributed by atoms with Gasteiger partial charge in [-0.2, -0.15) is 0 Å². The molecule has 0 saturated carbocycles. The number of amides is 1. The van der Waals surface area contributed by atoms with Crippen LogP contribution in [0.4, 0.5) is 0 Å². The number of aromatic nitrogens is 1. The maximum atomic E-state index is 12.0. The van der Waals surface area contributed by atoms with E-state index in [1.165, 1.54) is 30.2 Å². The predicted octanol–water partition coefficient (Wildman–Crippen LogP) is 7.42. The minimum Gasteiger partial charge on any atom is -0.361 e. The Morgan fingerprint density at radius 1 is 0.903 bits per heavy atom. The Morgan fingerprint density at radius 2 is 1.61 bits per heavy atom. The molecule has 0 bridgehead atoms. The third-order valence-corrected chi connectivity index (χ3v) is 5.45. The average molecular weight is 421 g/mol. The van der Waals surface area contributed by atoms with Crippen molar-refractivity contribution in [2.45, 2.75) is 77.6 Å². The lowest BCUT2D eigenvalue weighted by Crippen LogP contribution is -2.25. The van der Waals surface area contributed by atoms with Crippen molar-refractivity contribution in [2.75, 3.05) is 6.54 Å². The first-order valence-corrected chi connectivity index (χ1v) is 12.1. The second-order valence-corrected chi connectivity index (χ2v) is 8.06. The third-order valence-electron chi connectivity index (χ3n) is 5.45. The second kappa shape index (κ2) is 16.2. The van der Waals surface area contributed by atoms with E-state index in [0.29, 0.717) is 13.0 Å². The van der Waals surface area contributed by atoms with Gasteiger partial charge in [0.05, 0.1) is 0 Å². The number of nitrogens with one attached hydrogen (secondary N) is 2. The molecule has 0 spiro atoms. The molecule has 0 aliphatic carbocycles. The summed E-state index contributed by atoms with van der Waals surface area (Å²) in [7, 11) is 0. The smallest absolute Gasteiger partial charge is 0.220 e. The van der Waals surface area contributed by atoms with Crippen molar-refractivity contribution in [2.24, 2.45) is 0 Å². The highest BCUT2D eigenvalue weighted by molar-refractivity contribution is 5.83. The van der Waals surface area contributed by atoms with Gasteiger partial charge in [0.2, 0.25) is 5.91 Å². The monoisotopic (exact) mass is 420 g/mol. The molecule has 0 aliphatic heterocycles. The summed E-state index contributed by atoms with van der Waals surface area (Å²) in [5, 5.41) is 4.32. The molecule has 168 valence electrons. The van der Waals surface area contributed by atoms with Crippen molar-refractivity contribution < 1.29 is 4.79 Å². The molecule has 2 rings (SSSR count). The number of fused-ring (bicyclic) bond motifs is 1. The molecule has 1 aromatic heterocycles. The number of benzene rings is 1. The van der Waals surface area contributed by atoms with Crippen LogP contribution in [-0.4, -0.2) is 17.4 Å². The Hall–Kier alpha value is -2.55. The Labute approximate surface area is 188 Å². The van der Waals surface area contributed by atoms with E-state index >= 15 is 0 Å². The first kappa shape index (κ1) is 24.7. The summed E-state index contributed by atoms with van der Waals surface area (Å²) in [6, 6.07) is 8.30. The van der Waals surface area contributed by atoms with Gasteiger partial charge in [0, 0.05) is 30.1 Å². The first-order chi connectivity index (χ1) is 15.3. The number of para-hydroxylation sites is 1. The maximum Gasteiger partial charge on any atom is 0.220 e. The van der Waals surface area contributed by atoms with E-state index in [1.807, 2.05) is 6.07 Å². The molecule has 1 aromatic carbocycles. The summed E-state index contributed by atoms with van der Waals surface area (Å²) in [5.41, 5.74) is 2.43. The topological polar surface area (TPSA) is 44.9 Å². The zero-order valence-corrected chi connectivity index (χ0v) is 19.2. The van der Waals surface area contributed by atoms with Crippen LogP contribution < -0.4 is 5.32 Å². The summed E-state index contributed by atoms with van der Waals surface area (Å²) >= 11 is 0. The summed E-state index contributed by atoms with van der Waals surface area (Å²) < 4.78 is 0. The molecule has 0 radical (unpaired) electrons. The standard InChI is InChI=1S/C28H40N2O/c1-2-3-4-5-6-7-8-9-10-11-12-13-14-15-16-21-28(31)29-23-22-25-24-30-27-20-18-17-19-26(25)27/h3-4,6-7,9-10,17-20,24,30H,2,5,8,11-16,21-23H2,1H3,(H,29,31)/b4-3-,7-6-,10-9-. The van der Waals surface area contributed by atoms with Gasteiger partial charge >= 0.3 is 0 Å². The highest BCUT2D eigenvalue weighted by atomic mass is 16.1. The van der Waals surface area contributed by atoms with Crippen LogP contribution >= 0.6 is 0 Å². The molecule has 0 fully saturated rings. The number of hydrogen-bond acceptors (Lipinski definition) is 1. The first-order valence-electron chi connectivity index (χ1n) is 12.1. The van der Waals surface area contributed by atoms with E-state index in [0.717, 1.165) is 50.5 Å². The summed E-state index contributed by atoms with van der Waals surface area (Å²) in [6.45, 7) is 2.87. The van der Waals surface area contributed by atoms with Crippen LogP contribution in [-0.2, 0) is 11.2 Å². The number of hydrogen-bond donors (Lipinski definition) is 2. The van der Waals surface area contributed by atoms with E-state index in [9.17, 15) is 4.79 Å². The molecule has 1 amide bonds. The quantitative estimate of drug-likeness (QED) is 0.215. The van der Waals surface area contributed by atoms with Gasteiger partial charge < -0.3 is 10.3 Å². The second-order valence-electron chi connectivity index (χ2n) is 8.06. The van der Waals surface area contributed by atoms with Crippen molar-refractivity contribution in [1.29, 1.82) is 0 Å². The maximum absolute atomic E-state index is 12.0. The molecule has 1 heterocycles. The minimum atomic E-state index is 0.181. The lowest BCUT2D eigenvalue weighted by molar-refractivity contribution is -0.121. The zero-order chi connectivity index (χ0) is 22.0. The highest BCUT2D eigenvalue weighted by Gasteiger charge is 2.04. The van der Waals surface area contributed by atoms with Gasteiger partial charge in [0.15, 0.2) is 0 Å². The van der Waals surface area contributed by atoms with E-state index in [4.69, 9.17) is 0 Å². The van der Waals surface area contributed by atoms with Crippen molar-refractivity contribution in [1.82, 2.24) is 10.3 Å². The summed E-state index contributed by atoms with van der Waals surface area (Å²) in [4.78, 5) is 15.3. The highest BCUT2D eigenvalue weighted by Crippen LogP contribution is 2.17. The van der Waals surface area contributed by atoms with Crippen molar-refractivity contribution in [3.05, 3.63) is 72.5 Å². The van der Waals surface area contributed by atoms with E-state index < -0.39 is 0 Å². The molecule has 3 nitrogen and oxygen atoms in total. The number of aromatic amines is 1. The molecule has 3 heteroatoms. The lowest BCUT2D eigenvalue weighted by atomic mass is 10.1. The van der Waals surface area contributed by atoms with Crippen LogP contribution in [0.25, 0.3) is 10.9 Å². The molecule has 0 atom stereocenters. The Kier molecular flexibility index (Phi) is 12.9. The lowest BCUT2D eigenvalue weighted by Gasteiger charge is -2.05. The van der Waals surface area contributed by atoms with Crippen molar-refractivity contribution in [3.8, 4) is 0 Å². The molecule has 2 aromatic rings. The van der Waals surface area contributed by atoms with Crippen LogP contribution in [0, 0.1) is 0 Å².